The molecule has 34 heavy (non-hydrogen) atoms. The number of aromatic amines is 1. The van der Waals surface area contributed by atoms with E-state index < -0.39 is 0 Å². The van der Waals surface area contributed by atoms with Gasteiger partial charge in [-0.1, -0.05) is 19.1 Å². The van der Waals surface area contributed by atoms with Crippen molar-refractivity contribution in [3.05, 3.63) is 64.1 Å². The van der Waals surface area contributed by atoms with Gasteiger partial charge in [-0.2, -0.15) is 0 Å². The van der Waals surface area contributed by atoms with E-state index in [0.717, 1.165) is 17.7 Å². The van der Waals surface area contributed by atoms with Crippen LogP contribution >= 0.6 is 0 Å². The highest BCUT2D eigenvalue weighted by atomic mass is 16.5. The fourth-order valence-corrected chi connectivity index (χ4v) is 3.19. The first-order valence-corrected chi connectivity index (χ1v) is 11.1. The molecule has 0 saturated heterocycles. The van der Waals surface area contributed by atoms with Gasteiger partial charge in [0.05, 0.1) is 14.2 Å². The SMILES string of the molecule is CC[C@H](C)NC(=O)CCc1nnc(-c2ccc(OCc3cccc(OC)c3)c(OC)c2)[nH]c1=O. The fourth-order valence-electron chi connectivity index (χ4n) is 3.19. The minimum Gasteiger partial charge on any atom is -0.497 e. The zero-order chi connectivity index (χ0) is 24.5. The largest absolute Gasteiger partial charge is 0.497 e. The third-order valence-corrected chi connectivity index (χ3v) is 5.34. The van der Waals surface area contributed by atoms with Crippen molar-refractivity contribution in [1.29, 1.82) is 0 Å². The summed E-state index contributed by atoms with van der Waals surface area (Å²) in [5.74, 6) is 1.98. The molecule has 0 radical (unpaired) electrons. The molecule has 2 N–H and O–H groups in total. The van der Waals surface area contributed by atoms with Crippen LogP contribution in [0.5, 0.6) is 17.2 Å². The van der Waals surface area contributed by atoms with E-state index >= 15 is 0 Å². The van der Waals surface area contributed by atoms with Crippen LogP contribution in [0.4, 0.5) is 0 Å². The standard InChI is InChI=1S/C25H30N4O5/c1-5-16(2)26-23(30)12-10-20-25(31)27-24(29-28-20)18-9-11-21(22(14-18)33-4)34-15-17-7-6-8-19(13-17)32-3/h6-9,11,13-14,16H,5,10,12,15H2,1-4H3,(H,26,30)(H,27,29,31)/t16-/m0/s1. The summed E-state index contributed by atoms with van der Waals surface area (Å²) in [5, 5.41) is 11.0. The lowest BCUT2D eigenvalue weighted by atomic mass is 10.1. The Hall–Kier alpha value is -3.88. The van der Waals surface area contributed by atoms with E-state index in [-0.39, 0.29) is 36.0 Å². The van der Waals surface area contributed by atoms with Gasteiger partial charge in [0.2, 0.25) is 5.91 Å². The smallest absolute Gasteiger partial charge is 0.273 e. The Morgan fingerprint density at radius 3 is 2.62 bits per heavy atom. The predicted molar refractivity (Wildman–Crippen MR) is 128 cm³/mol. The number of carbonyl (C=O) groups is 1. The first-order valence-electron chi connectivity index (χ1n) is 11.1. The highest BCUT2D eigenvalue weighted by molar-refractivity contribution is 5.76. The zero-order valence-corrected chi connectivity index (χ0v) is 19.9. The van der Waals surface area contributed by atoms with Crippen LogP contribution < -0.4 is 25.1 Å². The molecular weight excluding hydrogens is 436 g/mol. The second kappa shape index (κ2) is 11.8. The molecule has 9 heteroatoms. The van der Waals surface area contributed by atoms with E-state index in [1.807, 2.05) is 38.1 Å². The molecule has 1 heterocycles. The lowest BCUT2D eigenvalue weighted by molar-refractivity contribution is -0.121. The van der Waals surface area contributed by atoms with Gasteiger partial charge in [0, 0.05) is 24.4 Å². The van der Waals surface area contributed by atoms with Crippen molar-refractivity contribution < 1.29 is 19.0 Å². The molecule has 9 nitrogen and oxygen atoms in total. The summed E-state index contributed by atoms with van der Waals surface area (Å²) in [6.45, 7) is 4.26. The predicted octanol–water partition coefficient (Wildman–Crippen LogP) is 3.28. The number of H-pyrrole nitrogens is 1. The van der Waals surface area contributed by atoms with Crippen molar-refractivity contribution in [1.82, 2.24) is 20.5 Å². The number of nitrogens with zero attached hydrogens (tertiary/aromatic N) is 2. The lowest BCUT2D eigenvalue weighted by Gasteiger charge is -2.13. The molecule has 1 aromatic heterocycles. The van der Waals surface area contributed by atoms with E-state index in [0.29, 0.717) is 29.5 Å². The third-order valence-electron chi connectivity index (χ3n) is 5.34. The second-order valence-corrected chi connectivity index (χ2v) is 7.83. The minimum absolute atomic E-state index is 0.0942. The monoisotopic (exact) mass is 466 g/mol. The van der Waals surface area contributed by atoms with Crippen molar-refractivity contribution in [2.45, 2.75) is 45.8 Å². The summed E-state index contributed by atoms with van der Waals surface area (Å²) >= 11 is 0. The van der Waals surface area contributed by atoms with Crippen molar-refractivity contribution in [2.75, 3.05) is 14.2 Å². The molecule has 1 amide bonds. The number of benzene rings is 2. The Bertz CT molecular complexity index is 1180. The molecule has 3 rings (SSSR count). The van der Waals surface area contributed by atoms with Gasteiger partial charge in [-0.15, -0.1) is 10.2 Å². The number of rotatable bonds is 11. The van der Waals surface area contributed by atoms with Crippen LogP contribution in [0.3, 0.4) is 0 Å². The number of amides is 1. The second-order valence-electron chi connectivity index (χ2n) is 7.83. The Labute approximate surface area is 198 Å². The normalized spacial score (nSPS) is 11.5. The van der Waals surface area contributed by atoms with Gasteiger partial charge in [-0.05, 0) is 49.2 Å². The average Bonchev–Trinajstić information content (AvgIpc) is 2.86. The molecule has 3 aromatic rings. The van der Waals surface area contributed by atoms with Gasteiger partial charge < -0.3 is 24.5 Å². The number of nitrogens with one attached hydrogen (secondary N) is 2. The first kappa shape index (κ1) is 24.8. The van der Waals surface area contributed by atoms with Crippen molar-refractivity contribution in [3.8, 4) is 28.6 Å². The Balaban J connectivity index is 1.69. The third kappa shape index (κ3) is 6.57. The molecule has 180 valence electrons. The fraction of sp³-hybridized carbons (Fsp3) is 0.360. The quantitative estimate of drug-likeness (QED) is 0.446. The minimum atomic E-state index is -0.376. The molecule has 0 fully saturated rings. The summed E-state index contributed by atoms with van der Waals surface area (Å²) in [5.41, 5.74) is 1.41. The summed E-state index contributed by atoms with van der Waals surface area (Å²) in [4.78, 5) is 27.2. The number of carbonyl (C=O) groups excluding carboxylic acids is 1. The summed E-state index contributed by atoms with van der Waals surface area (Å²) < 4.78 is 16.6. The molecule has 0 aliphatic heterocycles. The van der Waals surface area contributed by atoms with Crippen LogP contribution in [-0.4, -0.2) is 41.3 Å². The van der Waals surface area contributed by atoms with E-state index in [2.05, 4.69) is 20.5 Å². The van der Waals surface area contributed by atoms with Crippen LogP contribution in [0.15, 0.2) is 47.3 Å². The topological polar surface area (TPSA) is 115 Å². The summed E-state index contributed by atoms with van der Waals surface area (Å²) in [6.07, 6.45) is 1.23. The number of hydrogen-bond donors (Lipinski definition) is 2. The molecule has 1 atom stereocenters. The van der Waals surface area contributed by atoms with E-state index in [4.69, 9.17) is 14.2 Å². The van der Waals surface area contributed by atoms with Crippen molar-refractivity contribution >= 4 is 5.91 Å². The molecular formula is C25H30N4O5. The van der Waals surface area contributed by atoms with Crippen LogP contribution in [0, 0.1) is 0 Å². The Morgan fingerprint density at radius 2 is 1.91 bits per heavy atom. The molecule has 0 bridgehead atoms. The molecule has 0 aliphatic rings. The molecule has 0 aliphatic carbocycles. The molecule has 0 spiro atoms. The van der Waals surface area contributed by atoms with Gasteiger partial charge in [0.25, 0.3) is 5.56 Å². The first-order chi connectivity index (χ1) is 16.4. The van der Waals surface area contributed by atoms with Crippen LogP contribution in [0.2, 0.25) is 0 Å². The maximum atomic E-state index is 12.5. The number of hydrogen-bond acceptors (Lipinski definition) is 7. The molecule has 2 aromatic carbocycles. The maximum Gasteiger partial charge on any atom is 0.273 e. The van der Waals surface area contributed by atoms with Crippen molar-refractivity contribution in [2.24, 2.45) is 0 Å². The highest BCUT2D eigenvalue weighted by Crippen LogP contribution is 2.31. The number of aryl methyl sites for hydroxylation is 1. The molecule has 0 unspecified atom stereocenters. The van der Waals surface area contributed by atoms with E-state index in [1.54, 1.807) is 32.4 Å². The van der Waals surface area contributed by atoms with E-state index in [1.165, 1.54) is 0 Å². The average molecular weight is 467 g/mol. The van der Waals surface area contributed by atoms with Gasteiger partial charge in [0.1, 0.15) is 18.1 Å². The number of methoxy groups -OCH3 is 2. The maximum absolute atomic E-state index is 12.5. The Morgan fingerprint density at radius 1 is 1.09 bits per heavy atom. The van der Waals surface area contributed by atoms with Crippen LogP contribution in [0.25, 0.3) is 11.4 Å². The van der Waals surface area contributed by atoms with Crippen LogP contribution in [-0.2, 0) is 17.8 Å². The van der Waals surface area contributed by atoms with E-state index in [9.17, 15) is 9.59 Å². The zero-order valence-electron chi connectivity index (χ0n) is 19.9. The number of ether oxygens (including phenoxy) is 3. The Kier molecular flexibility index (Phi) is 8.61. The summed E-state index contributed by atoms with van der Waals surface area (Å²) in [7, 11) is 3.16. The van der Waals surface area contributed by atoms with Gasteiger partial charge in [0.15, 0.2) is 17.3 Å². The van der Waals surface area contributed by atoms with Gasteiger partial charge in [-0.25, -0.2) is 0 Å². The van der Waals surface area contributed by atoms with Crippen LogP contribution in [0.1, 0.15) is 37.9 Å². The molecule has 0 saturated carbocycles. The number of aromatic nitrogens is 3. The summed E-state index contributed by atoms with van der Waals surface area (Å²) in [6, 6.07) is 12.9. The lowest BCUT2D eigenvalue weighted by Crippen LogP contribution is -2.32. The van der Waals surface area contributed by atoms with Gasteiger partial charge >= 0.3 is 0 Å². The van der Waals surface area contributed by atoms with Gasteiger partial charge in [-0.3, -0.25) is 9.59 Å². The van der Waals surface area contributed by atoms with Crippen molar-refractivity contribution in [3.63, 3.8) is 0 Å². The highest BCUT2D eigenvalue weighted by Gasteiger charge is 2.13.